The van der Waals surface area contributed by atoms with Gasteiger partial charge in [0.1, 0.15) is 0 Å². The molecule has 3 aromatic rings. The highest BCUT2D eigenvalue weighted by Gasteiger charge is 2.31. The Balaban J connectivity index is 1.43. The molecule has 11 nitrogen and oxygen atoms in total. The summed E-state index contributed by atoms with van der Waals surface area (Å²) in [6, 6.07) is 9.77. The van der Waals surface area contributed by atoms with Gasteiger partial charge in [0.25, 0.3) is 0 Å². The largest absolute Gasteiger partial charge is 0.434 e. The lowest BCUT2D eigenvalue weighted by atomic mass is 10.1. The highest BCUT2D eigenvalue weighted by molar-refractivity contribution is 5.74. The SMILES string of the molecule is CN(Cc1ccccc1)C(=O)ON1CCc2c(-c3cnc(N)nc3)nc(N3CCOCC3)nc21. The van der Waals surface area contributed by atoms with E-state index in [-0.39, 0.29) is 5.95 Å². The summed E-state index contributed by atoms with van der Waals surface area (Å²) in [6.45, 7) is 3.47. The number of hydroxylamine groups is 1. The summed E-state index contributed by atoms with van der Waals surface area (Å²) in [4.78, 5) is 40.1. The normalized spacial score (nSPS) is 15.2. The first-order chi connectivity index (χ1) is 16.6. The van der Waals surface area contributed by atoms with Crippen LogP contribution in [0.15, 0.2) is 42.7 Å². The molecule has 2 aliphatic heterocycles. The predicted molar refractivity (Wildman–Crippen MR) is 126 cm³/mol. The van der Waals surface area contributed by atoms with Crippen molar-refractivity contribution in [1.29, 1.82) is 0 Å². The zero-order valence-corrected chi connectivity index (χ0v) is 18.9. The molecule has 2 aromatic heterocycles. The van der Waals surface area contributed by atoms with Crippen LogP contribution in [-0.4, -0.2) is 70.8 Å². The number of amides is 1. The molecule has 0 unspecified atom stereocenters. The number of nitrogens with zero attached hydrogens (tertiary/aromatic N) is 7. The van der Waals surface area contributed by atoms with Crippen LogP contribution in [0.5, 0.6) is 0 Å². The fourth-order valence-corrected chi connectivity index (χ4v) is 3.99. The number of nitrogens with two attached hydrogens (primary N) is 1. The van der Waals surface area contributed by atoms with Crippen molar-refractivity contribution in [2.75, 3.05) is 55.6 Å². The van der Waals surface area contributed by atoms with Gasteiger partial charge in [-0.15, -0.1) is 0 Å². The van der Waals surface area contributed by atoms with Gasteiger partial charge in [-0.1, -0.05) is 30.3 Å². The molecule has 176 valence electrons. The summed E-state index contributed by atoms with van der Waals surface area (Å²) in [5.74, 6) is 1.32. The molecule has 0 bridgehead atoms. The number of ether oxygens (including phenoxy) is 1. The Morgan fingerprint density at radius 3 is 2.59 bits per heavy atom. The minimum Gasteiger partial charge on any atom is -0.378 e. The van der Waals surface area contributed by atoms with E-state index in [1.54, 1.807) is 24.5 Å². The lowest BCUT2D eigenvalue weighted by Crippen LogP contribution is -2.38. The minimum atomic E-state index is -0.458. The van der Waals surface area contributed by atoms with E-state index in [9.17, 15) is 4.79 Å². The maximum absolute atomic E-state index is 12.8. The van der Waals surface area contributed by atoms with Crippen LogP contribution in [0, 0.1) is 0 Å². The molecule has 5 rings (SSSR count). The molecule has 0 radical (unpaired) electrons. The highest BCUT2D eigenvalue weighted by Crippen LogP contribution is 2.35. The number of hydrogen-bond donors (Lipinski definition) is 1. The van der Waals surface area contributed by atoms with Crippen LogP contribution in [-0.2, 0) is 22.5 Å². The van der Waals surface area contributed by atoms with Crippen LogP contribution < -0.4 is 15.7 Å². The molecule has 11 heteroatoms. The van der Waals surface area contributed by atoms with Gasteiger partial charge in [0.15, 0.2) is 5.82 Å². The smallest absolute Gasteiger partial charge is 0.378 e. The van der Waals surface area contributed by atoms with Crippen LogP contribution in [0.3, 0.4) is 0 Å². The predicted octanol–water partition coefficient (Wildman–Crippen LogP) is 1.90. The first kappa shape index (κ1) is 21.8. The number of benzene rings is 1. The van der Waals surface area contributed by atoms with Crippen molar-refractivity contribution >= 4 is 23.8 Å². The number of morpholine rings is 1. The molecule has 1 aromatic carbocycles. The Morgan fingerprint density at radius 2 is 1.85 bits per heavy atom. The molecule has 1 amide bonds. The van der Waals surface area contributed by atoms with Crippen LogP contribution in [0.4, 0.5) is 22.5 Å². The second-order valence-corrected chi connectivity index (χ2v) is 8.15. The fraction of sp³-hybridized carbons (Fsp3) is 0.348. The third-order valence-corrected chi connectivity index (χ3v) is 5.78. The monoisotopic (exact) mass is 462 g/mol. The number of nitrogen functional groups attached to an aromatic ring is 1. The number of aromatic nitrogens is 4. The summed E-state index contributed by atoms with van der Waals surface area (Å²) in [5.41, 5.74) is 9.02. The zero-order chi connectivity index (χ0) is 23.5. The molecular formula is C23H26N8O3. The summed E-state index contributed by atoms with van der Waals surface area (Å²) in [7, 11) is 1.71. The first-order valence-corrected chi connectivity index (χ1v) is 11.1. The Labute approximate surface area is 197 Å². The standard InChI is InChI=1S/C23H26N8O3/c1-29(15-16-5-3-2-4-6-16)23(32)34-31-8-7-18-19(17-13-25-21(24)26-14-17)27-22(28-20(18)31)30-9-11-33-12-10-30/h2-6,13-14H,7-12,15H2,1H3,(H2,24,25,26). The summed E-state index contributed by atoms with van der Waals surface area (Å²) >= 11 is 0. The molecule has 2 N–H and O–H groups in total. The third-order valence-electron chi connectivity index (χ3n) is 5.78. The van der Waals surface area contributed by atoms with E-state index >= 15 is 0 Å². The molecule has 4 heterocycles. The number of carbonyl (C=O) groups excluding carboxylic acids is 1. The van der Waals surface area contributed by atoms with Gasteiger partial charge in [0, 0.05) is 50.2 Å². The van der Waals surface area contributed by atoms with E-state index < -0.39 is 6.09 Å². The van der Waals surface area contributed by atoms with Gasteiger partial charge < -0.3 is 25.1 Å². The van der Waals surface area contributed by atoms with Gasteiger partial charge in [-0.05, 0) is 12.0 Å². The van der Waals surface area contributed by atoms with Gasteiger partial charge in [-0.25, -0.2) is 19.7 Å². The second-order valence-electron chi connectivity index (χ2n) is 8.15. The third kappa shape index (κ3) is 4.55. The van der Waals surface area contributed by atoms with Crippen LogP contribution in [0.25, 0.3) is 11.3 Å². The van der Waals surface area contributed by atoms with E-state index in [1.165, 1.54) is 4.90 Å². The number of hydrogen-bond acceptors (Lipinski definition) is 10. The molecule has 0 atom stereocenters. The first-order valence-electron chi connectivity index (χ1n) is 11.1. The van der Waals surface area contributed by atoms with Gasteiger partial charge in [-0.3, -0.25) is 0 Å². The lowest BCUT2D eigenvalue weighted by Gasteiger charge is -2.28. The fourth-order valence-electron chi connectivity index (χ4n) is 3.99. The van der Waals surface area contributed by atoms with Crippen molar-refractivity contribution in [3.63, 3.8) is 0 Å². The molecule has 2 aliphatic rings. The lowest BCUT2D eigenvalue weighted by molar-refractivity contribution is 0.0986. The Bertz CT molecular complexity index is 1150. The second kappa shape index (κ2) is 9.48. The van der Waals surface area contributed by atoms with Crippen molar-refractivity contribution in [2.24, 2.45) is 0 Å². The number of rotatable bonds is 5. The van der Waals surface area contributed by atoms with E-state index in [4.69, 9.17) is 25.3 Å². The maximum Gasteiger partial charge on any atom is 0.434 e. The highest BCUT2D eigenvalue weighted by atomic mass is 16.7. The summed E-state index contributed by atoms with van der Waals surface area (Å²) < 4.78 is 5.47. The molecule has 1 fully saturated rings. The van der Waals surface area contributed by atoms with Crippen molar-refractivity contribution in [1.82, 2.24) is 24.8 Å². The quantitative estimate of drug-likeness (QED) is 0.601. The molecular weight excluding hydrogens is 436 g/mol. The Hall–Kier alpha value is -3.99. The maximum atomic E-state index is 12.8. The van der Waals surface area contributed by atoms with E-state index in [2.05, 4.69) is 14.9 Å². The number of fused-ring (bicyclic) bond motifs is 1. The summed E-state index contributed by atoms with van der Waals surface area (Å²) in [5, 5.41) is 1.55. The molecule has 0 spiro atoms. The van der Waals surface area contributed by atoms with Crippen LogP contribution in [0.1, 0.15) is 11.1 Å². The van der Waals surface area contributed by atoms with Crippen molar-refractivity contribution < 1.29 is 14.4 Å². The molecule has 1 saturated heterocycles. The molecule has 0 aliphatic carbocycles. The van der Waals surface area contributed by atoms with E-state index in [0.29, 0.717) is 63.3 Å². The number of carbonyl (C=O) groups is 1. The summed E-state index contributed by atoms with van der Waals surface area (Å²) in [6.07, 6.45) is 3.46. The van der Waals surface area contributed by atoms with Crippen molar-refractivity contribution in [3.05, 3.63) is 53.9 Å². The molecule has 0 saturated carbocycles. The average molecular weight is 463 g/mol. The van der Waals surface area contributed by atoms with Gasteiger partial charge >= 0.3 is 6.09 Å². The number of anilines is 3. The molecule has 34 heavy (non-hydrogen) atoms. The zero-order valence-electron chi connectivity index (χ0n) is 18.9. The van der Waals surface area contributed by atoms with Crippen LogP contribution in [0.2, 0.25) is 0 Å². The van der Waals surface area contributed by atoms with Gasteiger partial charge in [0.05, 0.1) is 25.5 Å². The van der Waals surface area contributed by atoms with Gasteiger partial charge in [-0.2, -0.15) is 10.0 Å². The van der Waals surface area contributed by atoms with Crippen molar-refractivity contribution in [3.8, 4) is 11.3 Å². The Kier molecular flexibility index (Phi) is 6.09. The minimum absolute atomic E-state index is 0.194. The van der Waals surface area contributed by atoms with Crippen LogP contribution >= 0.6 is 0 Å². The van der Waals surface area contributed by atoms with E-state index in [0.717, 1.165) is 16.7 Å². The topological polar surface area (TPSA) is 123 Å². The Morgan fingerprint density at radius 1 is 1.12 bits per heavy atom. The van der Waals surface area contributed by atoms with Gasteiger partial charge in [0.2, 0.25) is 11.9 Å². The van der Waals surface area contributed by atoms with E-state index in [1.807, 2.05) is 30.3 Å². The average Bonchev–Trinajstić information content (AvgIpc) is 3.27. The van der Waals surface area contributed by atoms with Crippen molar-refractivity contribution in [2.45, 2.75) is 13.0 Å².